The van der Waals surface area contributed by atoms with Crippen LogP contribution < -0.4 is 4.74 Å². The van der Waals surface area contributed by atoms with Gasteiger partial charge < -0.3 is 19.3 Å². The van der Waals surface area contributed by atoms with Gasteiger partial charge in [-0.3, -0.25) is 4.79 Å². The van der Waals surface area contributed by atoms with Gasteiger partial charge in [-0.1, -0.05) is 0 Å². The van der Waals surface area contributed by atoms with Gasteiger partial charge in [0, 0.05) is 31.8 Å². The fourth-order valence-corrected chi connectivity index (χ4v) is 4.83. The quantitative estimate of drug-likeness (QED) is 0.749. The second kappa shape index (κ2) is 7.99. The predicted octanol–water partition coefficient (Wildman–Crippen LogP) is 3.04. The second-order valence-corrected chi connectivity index (χ2v) is 8.89. The van der Waals surface area contributed by atoms with E-state index >= 15 is 0 Å². The van der Waals surface area contributed by atoms with Crippen molar-refractivity contribution in [2.45, 2.75) is 37.8 Å². The molecule has 5 nitrogen and oxygen atoms in total. The number of rotatable bonds is 6. The highest BCUT2D eigenvalue weighted by molar-refractivity contribution is 5.97. The van der Waals surface area contributed by atoms with Crippen LogP contribution in [0.5, 0.6) is 5.75 Å². The molecule has 0 spiro atoms. The second-order valence-electron chi connectivity index (χ2n) is 8.89. The SMILES string of the molecule is COc1cc(F)ccc1C(=O)N1C[C@H]2C[C@@H](N(C)C)[C@H](OCC3CC3)C[C@H]2C1. The molecule has 0 aromatic heterocycles. The summed E-state index contributed by atoms with van der Waals surface area (Å²) in [6, 6.07) is 4.53. The molecule has 4 rings (SSSR count). The van der Waals surface area contributed by atoms with Gasteiger partial charge in [0.25, 0.3) is 5.91 Å². The number of methoxy groups -OCH3 is 1. The van der Waals surface area contributed by atoms with Gasteiger partial charge in [0.15, 0.2) is 0 Å². The zero-order chi connectivity index (χ0) is 19.8. The molecule has 1 aromatic carbocycles. The van der Waals surface area contributed by atoms with Crippen molar-refractivity contribution >= 4 is 5.91 Å². The molecule has 6 heteroatoms. The van der Waals surface area contributed by atoms with Gasteiger partial charge in [-0.25, -0.2) is 4.39 Å². The molecule has 2 aliphatic carbocycles. The van der Waals surface area contributed by atoms with Crippen LogP contribution in [0.4, 0.5) is 4.39 Å². The Bertz CT molecular complexity index is 722. The van der Waals surface area contributed by atoms with Crippen molar-refractivity contribution in [2.75, 3.05) is 40.9 Å². The van der Waals surface area contributed by atoms with E-state index in [1.165, 1.54) is 38.2 Å². The fraction of sp³-hybridized carbons (Fsp3) is 0.682. The summed E-state index contributed by atoms with van der Waals surface area (Å²) in [5, 5.41) is 0. The summed E-state index contributed by atoms with van der Waals surface area (Å²) in [4.78, 5) is 17.3. The lowest BCUT2D eigenvalue weighted by molar-refractivity contribution is -0.0493. The van der Waals surface area contributed by atoms with Crippen LogP contribution in [0.1, 0.15) is 36.0 Å². The number of carbonyl (C=O) groups excluding carboxylic acids is 1. The van der Waals surface area contributed by atoms with Crippen LogP contribution in [-0.2, 0) is 4.74 Å². The van der Waals surface area contributed by atoms with E-state index in [0.29, 0.717) is 29.2 Å². The lowest BCUT2D eigenvalue weighted by atomic mass is 9.77. The van der Waals surface area contributed by atoms with Crippen molar-refractivity contribution in [1.82, 2.24) is 9.80 Å². The van der Waals surface area contributed by atoms with E-state index in [-0.39, 0.29) is 12.0 Å². The average Bonchev–Trinajstić information content (AvgIpc) is 3.42. The van der Waals surface area contributed by atoms with E-state index in [2.05, 4.69) is 19.0 Å². The summed E-state index contributed by atoms with van der Waals surface area (Å²) in [6.45, 7) is 2.37. The van der Waals surface area contributed by atoms with Crippen molar-refractivity contribution < 1.29 is 18.7 Å². The number of carbonyl (C=O) groups is 1. The number of likely N-dealkylation sites (tertiary alicyclic amines) is 1. The number of fused-ring (bicyclic) bond motifs is 1. The summed E-state index contributed by atoms with van der Waals surface area (Å²) in [5.41, 5.74) is 0.438. The largest absolute Gasteiger partial charge is 0.496 e. The Morgan fingerprint density at radius 3 is 2.57 bits per heavy atom. The maximum atomic E-state index is 13.5. The van der Waals surface area contributed by atoms with E-state index in [9.17, 15) is 9.18 Å². The Kier molecular flexibility index (Phi) is 5.61. The topological polar surface area (TPSA) is 42.0 Å². The van der Waals surface area contributed by atoms with Crippen LogP contribution in [0.3, 0.4) is 0 Å². The summed E-state index contributed by atoms with van der Waals surface area (Å²) in [5.74, 6) is 1.56. The first-order valence-electron chi connectivity index (χ1n) is 10.4. The fourth-order valence-electron chi connectivity index (χ4n) is 4.83. The van der Waals surface area contributed by atoms with Crippen molar-refractivity contribution in [3.63, 3.8) is 0 Å². The minimum Gasteiger partial charge on any atom is -0.496 e. The Hall–Kier alpha value is -1.66. The third kappa shape index (κ3) is 4.03. The first kappa shape index (κ1) is 19.6. The van der Waals surface area contributed by atoms with Crippen molar-refractivity contribution in [1.29, 1.82) is 0 Å². The Morgan fingerprint density at radius 1 is 1.21 bits per heavy atom. The number of hydrogen-bond donors (Lipinski definition) is 0. The van der Waals surface area contributed by atoms with Crippen LogP contribution in [0, 0.1) is 23.6 Å². The average molecular weight is 390 g/mol. The molecule has 3 aliphatic rings. The molecule has 154 valence electrons. The molecular weight excluding hydrogens is 359 g/mol. The highest BCUT2D eigenvalue weighted by Gasteiger charge is 2.45. The van der Waals surface area contributed by atoms with Crippen LogP contribution in [0.15, 0.2) is 18.2 Å². The Labute approximate surface area is 166 Å². The van der Waals surface area contributed by atoms with Gasteiger partial charge in [-0.05, 0) is 69.7 Å². The van der Waals surface area contributed by atoms with Crippen LogP contribution >= 0.6 is 0 Å². The summed E-state index contributed by atoms with van der Waals surface area (Å²) < 4.78 is 25.0. The number of halogens is 1. The highest BCUT2D eigenvalue weighted by atomic mass is 19.1. The third-order valence-electron chi connectivity index (χ3n) is 6.67. The molecule has 1 saturated heterocycles. The van der Waals surface area contributed by atoms with Gasteiger partial charge in [-0.2, -0.15) is 0 Å². The number of benzene rings is 1. The zero-order valence-corrected chi connectivity index (χ0v) is 17.1. The molecule has 2 saturated carbocycles. The first-order chi connectivity index (χ1) is 13.5. The Morgan fingerprint density at radius 2 is 1.93 bits per heavy atom. The standard InChI is InChI=1S/C22H31FN2O3/c1-24(2)19-8-15-11-25(12-16(15)9-21(19)28-13-14-4-5-14)22(26)18-7-6-17(23)10-20(18)27-3/h6-7,10,14-16,19,21H,4-5,8-9,11-13H2,1-3H3/t15-,16+,19-,21-/m1/s1. The number of amides is 1. The minimum atomic E-state index is -0.395. The molecule has 0 radical (unpaired) electrons. The highest BCUT2D eigenvalue weighted by Crippen LogP contribution is 2.40. The van der Waals surface area contributed by atoms with Gasteiger partial charge in [0.05, 0.1) is 18.8 Å². The number of ether oxygens (including phenoxy) is 2. The van der Waals surface area contributed by atoms with Crippen LogP contribution in [-0.4, -0.2) is 68.8 Å². The number of nitrogens with zero attached hydrogens (tertiary/aromatic N) is 2. The van der Waals surface area contributed by atoms with E-state index < -0.39 is 5.82 Å². The van der Waals surface area contributed by atoms with Gasteiger partial charge in [0.1, 0.15) is 11.6 Å². The number of likely N-dealkylation sites (N-methyl/N-ethyl adjacent to an activating group) is 1. The van der Waals surface area contributed by atoms with Gasteiger partial charge in [-0.15, -0.1) is 0 Å². The molecule has 0 N–H and O–H groups in total. The maximum Gasteiger partial charge on any atom is 0.257 e. The van der Waals surface area contributed by atoms with E-state index in [1.54, 1.807) is 0 Å². The van der Waals surface area contributed by atoms with Crippen molar-refractivity contribution in [3.8, 4) is 5.75 Å². The first-order valence-corrected chi connectivity index (χ1v) is 10.4. The summed E-state index contributed by atoms with van der Waals surface area (Å²) in [7, 11) is 5.72. The summed E-state index contributed by atoms with van der Waals surface area (Å²) in [6.07, 6.45) is 4.90. The molecule has 4 atom stereocenters. The third-order valence-corrected chi connectivity index (χ3v) is 6.67. The normalized spacial score (nSPS) is 29.8. The lowest BCUT2D eigenvalue weighted by Gasteiger charge is -2.41. The minimum absolute atomic E-state index is 0.0666. The maximum absolute atomic E-state index is 13.5. The molecule has 1 aliphatic heterocycles. The number of hydrogen-bond acceptors (Lipinski definition) is 4. The van der Waals surface area contributed by atoms with E-state index in [0.717, 1.165) is 38.5 Å². The molecular formula is C22H31FN2O3. The van der Waals surface area contributed by atoms with Crippen LogP contribution in [0.2, 0.25) is 0 Å². The van der Waals surface area contributed by atoms with E-state index in [4.69, 9.17) is 9.47 Å². The molecule has 0 unspecified atom stereocenters. The predicted molar refractivity (Wildman–Crippen MR) is 105 cm³/mol. The van der Waals surface area contributed by atoms with Gasteiger partial charge >= 0.3 is 0 Å². The van der Waals surface area contributed by atoms with Crippen molar-refractivity contribution in [2.24, 2.45) is 17.8 Å². The zero-order valence-electron chi connectivity index (χ0n) is 17.1. The smallest absolute Gasteiger partial charge is 0.257 e. The molecule has 1 heterocycles. The van der Waals surface area contributed by atoms with Gasteiger partial charge in [0.2, 0.25) is 0 Å². The Balaban J connectivity index is 1.45. The molecule has 1 aromatic rings. The molecule has 28 heavy (non-hydrogen) atoms. The van der Waals surface area contributed by atoms with Crippen molar-refractivity contribution in [3.05, 3.63) is 29.6 Å². The molecule has 0 bridgehead atoms. The molecule has 3 fully saturated rings. The molecule has 1 amide bonds. The monoisotopic (exact) mass is 390 g/mol. The van der Waals surface area contributed by atoms with Crippen LogP contribution in [0.25, 0.3) is 0 Å². The van der Waals surface area contributed by atoms with E-state index in [1.807, 2.05) is 4.90 Å². The summed E-state index contributed by atoms with van der Waals surface area (Å²) >= 11 is 0. The lowest BCUT2D eigenvalue weighted by Crippen LogP contribution is -2.48.